The number of non-ortho nitro benzene ring substituents is 1. The van der Waals surface area contributed by atoms with Crippen molar-refractivity contribution < 1.29 is 28.9 Å². The van der Waals surface area contributed by atoms with Gasteiger partial charge in [-0.05, 0) is 36.8 Å². The molecule has 0 saturated carbocycles. The molecular weight excluding hydrogens is 360 g/mol. The minimum absolute atomic E-state index is 0.0414. The van der Waals surface area contributed by atoms with Gasteiger partial charge in [-0.1, -0.05) is 6.92 Å². The normalized spacial score (nSPS) is 10.1. The Morgan fingerprint density at radius 1 is 0.963 bits per heavy atom. The average Bonchev–Trinajstić information content (AvgIpc) is 2.65. The predicted octanol–water partition coefficient (Wildman–Crippen LogP) is 3.29. The van der Waals surface area contributed by atoms with Gasteiger partial charge in [0.05, 0.1) is 28.1 Å². The van der Waals surface area contributed by atoms with E-state index in [0.29, 0.717) is 12.5 Å². The van der Waals surface area contributed by atoms with Crippen molar-refractivity contribution in [2.45, 2.75) is 13.3 Å². The zero-order chi connectivity index (χ0) is 20.0. The van der Waals surface area contributed by atoms with Gasteiger partial charge in [-0.2, -0.15) is 0 Å². The van der Waals surface area contributed by atoms with Gasteiger partial charge < -0.3 is 9.47 Å². The van der Waals surface area contributed by atoms with E-state index in [-0.39, 0.29) is 17.9 Å². The number of esters is 2. The molecular formula is C17H14N2O8. The van der Waals surface area contributed by atoms with Crippen molar-refractivity contribution in [3.05, 3.63) is 73.8 Å². The minimum atomic E-state index is -1.06. The average molecular weight is 374 g/mol. The van der Waals surface area contributed by atoms with E-state index >= 15 is 0 Å². The fourth-order valence-electron chi connectivity index (χ4n) is 2.06. The number of nitrogens with zero attached hydrogens (tertiary/aromatic N) is 2. The molecule has 0 N–H and O–H groups in total. The smallest absolute Gasteiger partial charge is 0.350 e. The fraction of sp³-hybridized carbons (Fsp3) is 0.176. The highest BCUT2D eigenvalue weighted by Crippen LogP contribution is 2.26. The molecule has 0 fully saturated rings. The van der Waals surface area contributed by atoms with Gasteiger partial charge in [-0.3, -0.25) is 20.2 Å². The van der Waals surface area contributed by atoms with E-state index in [0.717, 1.165) is 12.1 Å². The molecule has 0 radical (unpaired) electrons. The van der Waals surface area contributed by atoms with Crippen LogP contribution in [0.3, 0.4) is 0 Å². The molecule has 0 aromatic heterocycles. The maximum Gasteiger partial charge on any atom is 0.350 e. The quantitative estimate of drug-likeness (QED) is 0.311. The highest BCUT2D eigenvalue weighted by Gasteiger charge is 2.25. The second kappa shape index (κ2) is 8.52. The molecule has 0 unspecified atom stereocenters. The maximum absolute atomic E-state index is 12.2. The number of carbonyl (C=O) groups is 2. The molecule has 0 amide bonds. The maximum atomic E-state index is 12.2. The number of hydrogen-bond donors (Lipinski definition) is 0. The molecule has 2 aromatic rings. The zero-order valence-electron chi connectivity index (χ0n) is 14.1. The van der Waals surface area contributed by atoms with Gasteiger partial charge in [0.2, 0.25) is 0 Å². The van der Waals surface area contributed by atoms with E-state index in [4.69, 9.17) is 9.47 Å². The summed E-state index contributed by atoms with van der Waals surface area (Å²) in [5, 5.41) is 21.8. The van der Waals surface area contributed by atoms with Crippen molar-refractivity contribution in [2.75, 3.05) is 6.61 Å². The Morgan fingerprint density at radius 3 is 2.19 bits per heavy atom. The second-order valence-corrected chi connectivity index (χ2v) is 5.27. The van der Waals surface area contributed by atoms with Crippen molar-refractivity contribution in [2.24, 2.45) is 0 Å². The SMILES string of the molecule is CCCOC(=O)c1ccc(OC(=O)c2ccc([N+](=O)[O-])cc2[N+](=O)[O-])cc1. The van der Waals surface area contributed by atoms with E-state index < -0.39 is 38.7 Å². The first kappa shape index (κ1) is 19.5. The molecule has 0 atom stereocenters. The standard InChI is InChI=1S/C17H14N2O8/c1-2-9-26-16(20)11-3-6-13(7-4-11)27-17(21)14-8-5-12(18(22)23)10-15(14)19(24)25/h3-8,10H,2,9H2,1H3. The van der Waals surface area contributed by atoms with Gasteiger partial charge in [0.15, 0.2) is 0 Å². The number of benzene rings is 2. The molecule has 140 valence electrons. The number of nitro groups is 2. The van der Waals surface area contributed by atoms with E-state index in [1.165, 1.54) is 24.3 Å². The van der Waals surface area contributed by atoms with Gasteiger partial charge in [-0.25, -0.2) is 9.59 Å². The molecule has 10 nitrogen and oxygen atoms in total. The third-order valence-corrected chi connectivity index (χ3v) is 3.35. The van der Waals surface area contributed by atoms with Crippen molar-refractivity contribution in [3.63, 3.8) is 0 Å². The molecule has 0 bridgehead atoms. The molecule has 0 spiro atoms. The van der Waals surface area contributed by atoms with Crippen LogP contribution in [-0.4, -0.2) is 28.4 Å². The second-order valence-electron chi connectivity index (χ2n) is 5.27. The number of hydrogen-bond acceptors (Lipinski definition) is 8. The Morgan fingerprint density at radius 2 is 1.63 bits per heavy atom. The summed E-state index contributed by atoms with van der Waals surface area (Å²) >= 11 is 0. The summed E-state index contributed by atoms with van der Waals surface area (Å²) in [5.41, 5.74) is -1.44. The summed E-state index contributed by atoms with van der Waals surface area (Å²) in [7, 11) is 0. The molecule has 0 heterocycles. The van der Waals surface area contributed by atoms with Gasteiger partial charge in [0.1, 0.15) is 11.3 Å². The topological polar surface area (TPSA) is 139 Å². The number of nitro benzene ring substituents is 2. The Bertz CT molecular complexity index is 892. The third kappa shape index (κ3) is 4.84. The van der Waals surface area contributed by atoms with E-state index in [9.17, 15) is 29.8 Å². The van der Waals surface area contributed by atoms with Crippen LogP contribution in [0.5, 0.6) is 5.75 Å². The summed E-state index contributed by atoms with van der Waals surface area (Å²) in [6, 6.07) is 8.03. The highest BCUT2D eigenvalue weighted by atomic mass is 16.6. The Labute approximate surface area is 152 Å². The van der Waals surface area contributed by atoms with Crippen LogP contribution in [0.15, 0.2) is 42.5 Å². The van der Waals surface area contributed by atoms with Gasteiger partial charge >= 0.3 is 11.9 Å². The Balaban J connectivity index is 2.18. The first-order valence-electron chi connectivity index (χ1n) is 7.75. The lowest BCUT2D eigenvalue weighted by Crippen LogP contribution is -2.12. The molecule has 0 aliphatic heterocycles. The van der Waals surface area contributed by atoms with Crippen LogP contribution in [0.4, 0.5) is 11.4 Å². The number of rotatable bonds is 7. The molecule has 0 aliphatic carbocycles. The van der Waals surface area contributed by atoms with Crippen LogP contribution in [0.25, 0.3) is 0 Å². The van der Waals surface area contributed by atoms with Crippen molar-refractivity contribution in [3.8, 4) is 5.75 Å². The van der Waals surface area contributed by atoms with Crippen molar-refractivity contribution >= 4 is 23.3 Å². The Kier molecular flexibility index (Phi) is 6.15. The first-order valence-corrected chi connectivity index (χ1v) is 7.75. The summed E-state index contributed by atoms with van der Waals surface area (Å²) in [5.74, 6) is -1.54. The molecule has 10 heteroatoms. The van der Waals surface area contributed by atoms with Gasteiger partial charge in [-0.15, -0.1) is 0 Å². The molecule has 27 heavy (non-hydrogen) atoms. The lowest BCUT2D eigenvalue weighted by molar-refractivity contribution is -0.394. The monoisotopic (exact) mass is 374 g/mol. The summed E-state index contributed by atoms with van der Waals surface area (Å²) < 4.78 is 10.0. The lowest BCUT2D eigenvalue weighted by atomic mass is 10.1. The van der Waals surface area contributed by atoms with Crippen molar-refractivity contribution in [1.82, 2.24) is 0 Å². The minimum Gasteiger partial charge on any atom is -0.462 e. The van der Waals surface area contributed by atoms with Gasteiger partial charge in [0.25, 0.3) is 11.4 Å². The number of carbonyl (C=O) groups excluding carboxylic acids is 2. The Hall–Kier alpha value is -3.82. The van der Waals surface area contributed by atoms with Crippen LogP contribution in [0.1, 0.15) is 34.1 Å². The number of ether oxygens (including phenoxy) is 2. The first-order chi connectivity index (χ1) is 12.8. The summed E-state index contributed by atoms with van der Waals surface area (Å²) in [6.45, 7) is 2.13. The van der Waals surface area contributed by atoms with Crippen LogP contribution in [0, 0.1) is 20.2 Å². The summed E-state index contributed by atoms with van der Waals surface area (Å²) in [4.78, 5) is 44.0. The molecule has 0 aliphatic rings. The molecule has 2 rings (SSSR count). The van der Waals surface area contributed by atoms with Crippen LogP contribution < -0.4 is 4.74 Å². The molecule has 0 saturated heterocycles. The van der Waals surface area contributed by atoms with Crippen LogP contribution in [-0.2, 0) is 4.74 Å². The molecule has 2 aromatic carbocycles. The largest absolute Gasteiger partial charge is 0.462 e. The fourth-order valence-corrected chi connectivity index (χ4v) is 2.06. The highest BCUT2D eigenvalue weighted by molar-refractivity contribution is 5.96. The lowest BCUT2D eigenvalue weighted by Gasteiger charge is -2.06. The summed E-state index contributed by atoms with van der Waals surface area (Å²) in [6.07, 6.45) is 0.676. The van der Waals surface area contributed by atoms with E-state index in [1.54, 1.807) is 0 Å². The van der Waals surface area contributed by atoms with Gasteiger partial charge in [0, 0.05) is 6.07 Å². The van der Waals surface area contributed by atoms with E-state index in [1.807, 2.05) is 6.92 Å². The van der Waals surface area contributed by atoms with Crippen molar-refractivity contribution in [1.29, 1.82) is 0 Å². The predicted molar refractivity (Wildman–Crippen MR) is 91.7 cm³/mol. The third-order valence-electron chi connectivity index (χ3n) is 3.35. The van der Waals surface area contributed by atoms with Crippen LogP contribution >= 0.6 is 0 Å². The zero-order valence-corrected chi connectivity index (χ0v) is 14.1. The van der Waals surface area contributed by atoms with E-state index in [2.05, 4.69) is 0 Å². The van der Waals surface area contributed by atoms with Crippen LogP contribution in [0.2, 0.25) is 0 Å².